The van der Waals surface area contributed by atoms with Gasteiger partial charge in [-0.05, 0) is 83.9 Å². The molecule has 2 nitrogen and oxygen atoms in total. The minimum Gasteiger partial charge on any atom is -0.497 e. The van der Waals surface area contributed by atoms with E-state index in [1.54, 1.807) is 19.2 Å². The molecule has 4 heteroatoms. The average Bonchev–Trinajstić information content (AvgIpc) is 2.77. The Balaban J connectivity index is 1.73. The molecule has 0 aliphatic heterocycles. The molecule has 4 aromatic rings. The topological polar surface area (TPSA) is 12.5 Å². The molecule has 144 valence electrons. The molecule has 0 spiro atoms. The van der Waals surface area contributed by atoms with Crippen LogP contribution in [0.4, 0.5) is 21.5 Å². The van der Waals surface area contributed by atoms with Crippen LogP contribution >= 0.6 is 15.9 Å². The lowest BCUT2D eigenvalue weighted by atomic mass is 10.0. The SMILES string of the molecule is COc1ccc(N(c2ccc(F)cc2)c2ccc(-c3ccc(Br)cc3)cc2)cc1. The van der Waals surface area contributed by atoms with Crippen LogP contribution in [-0.2, 0) is 0 Å². The molecule has 0 saturated heterocycles. The van der Waals surface area contributed by atoms with E-state index in [1.807, 2.05) is 36.4 Å². The highest BCUT2D eigenvalue weighted by Gasteiger charge is 2.13. The molecular formula is C25H19BrFNO. The molecule has 0 fully saturated rings. The second-order valence-electron chi connectivity index (χ2n) is 6.56. The van der Waals surface area contributed by atoms with Crippen molar-refractivity contribution >= 4 is 33.0 Å². The third-order valence-corrected chi connectivity index (χ3v) is 5.25. The van der Waals surface area contributed by atoms with Gasteiger partial charge >= 0.3 is 0 Å². The summed E-state index contributed by atoms with van der Waals surface area (Å²) in [5.74, 6) is 0.535. The number of anilines is 3. The van der Waals surface area contributed by atoms with Gasteiger partial charge in [-0.1, -0.05) is 40.2 Å². The summed E-state index contributed by atoms with van der Waals surface area (Å²) in [5.41, 5.74) is 5.12. The van der Waals surface area contributed by atoms with Gasteiger partial charge in [0.15, 0.2) is 0 Å². The van der Waals surface area contributed by atoms with Crippen molar-refractivity contribution in [3.05, 3.63) is 107 Å². The quantitative estimate of drug-likeness (QED) is 0.310. The fraction of sp³-hybridized carbons (Fsp3) is 0.0400. The van der Waals surface area contributed by atoms with Gasteiger partial charge < -0.3 is 9.64 Å². The summed E-state index contributed by atoms with van der Waals surface area (Å²) in [5, 5.41) is 0. The standard InChI is InChI=1S/C25H19BrFNO/c1-29-25-16-14-24(15-17-25)28(23-12-8-21(27)9-13-23)22-10-4-19(5-11-22)18-2-6-20(26)7-3-18/h2-17H,1H3. The molecule has 0 radical (unpaired) electrons. The normalized spacial score (nSPS) is 10.6. The second kappa shape index (κ2) is 8.50. The lowest BCUT2D eigenvalue weighted by molar-refractivity contribution is 0.415. The molecule has 0 heterocycles. The summed E-state index contributed by atoms with van der Waals surface area (Å²) in [6, 6.07) is 30.9. The van der Waals surface area contributed by atoms with E-state index in [4.69, 9.17) is 4.74 Å². The van der Waals surface area contributed by atoms with Crippen LogP contribution in [0.5, 0.6) is 5.75 Å². The van der Waals surface area contributed by atoms with E-state index in [0.29, 0.717) is 0 Å². The van der Waals surface area contributed by atoms with Crippen molar-refractivity contribution in [3.63, 3.8) is 0 Å². The van der Waals surface area contributed by atoms with Gasteiger partial charge in [-0.15, -0.1) is 0 Å². The second-order valence-corrected chi connectivity index (χ2v) is 7.48. The zero-order chi connectivity index (χ0) is 20.2. The average molecular weight is 448 g/mol. The summed E-state index contributed by atoms with van der Waals surface area (Å²) in [6.45, 7) is 0. The van der Waals surface area contributed by atoms with Crippen molar-refractivity contribution in [2.45, 2.75) is 0 Å². The number of rotatable bonds is 5. The minimum absolute atomic E-state index is 0.256. The molecule has 0 amide bonds. The molecule has 4 aromatic carbocycles. The van der Waals surface area contributed by atoms with Crippen molar-refractivity contribution < 1.29 is 9.13 Å². The number of halogens is 2. The molecular weight excluding hydrogens is 429 g/mol. The van der Waals surface area contributed by atoms with Gasteiger partial charge in [-0.3, -0.25) is 0 Å². The molecule has 0 bridgehead atoms. The van der Waals surface area contributed by atoms with E-state index in [1.165, 1.54) is 12.1 Å². The predicted octanol–water partition coefficient (Wildman–Crippen LogP) is 7.73. The van der Waals surface area contributed by atoms with E-state index >= 15 is 0 Å². The van der Waals surface area contributed by atoms with Crippen LogP contribution in [0.1, 0.15) is 0 Å². The third kappa shape index (κ3) is 4.33. The maximum absolute atomic E-state index is 13.5. The van der Waals surface area contributed by atoms with Crippen LogP contribution in [-0.4, -0.2) is 7.11 Å². The molecule has 0 N–H and O–H groups in total. The summed E-state index contributed by atoms with van der Waals surface area (Å²) < 4.78 is 19.8. The zero-order valence-electron chi connectivity index (χ0n) is 15.8. The Morgan fingerprint density at radius 3 is 1.52 bits per heavy atom. The Kier molecular flexibility index (Phi) is 5.63. The predicted molar refractivity (Wildman–Crippen MR) is 121 cm³/mol. The number of hydrogen-bond donors (Lipinski definition) is 0. The van der Waals surface area contributed by atoms with Crippen molar-refractivity contribution in [2.75, 3.05) is 12.0 Å². The van der Waals surface area contributed by atoms with E-state index in [0.717, 1.165) is 38.4 Å². The highest BCUT2D eigenvalue weighted by Crippen LogP contribution is 2.36. The summed E-state index contributed by atoms with van der Waals surface area (Å²) in [4.78, 5) is 2.09. The van der Waals surface area contributed by atoms with E-state index in [9.17, 15) is 4.39 Å². The lowest BCUT2D eigenvalue weighted by Gasteiger charge is -2.25. The molecule has 0 aromatic heterocycles. The highest BCUT2D eigenvalue weighted by molar-refractivity contribution is 9.10. The fourth-order valence-corrected chi connectivity index (χ4v) is 3.48. The Labute approximate surface area is 178 Å². The largest absolute Gasteiger partial charge is 0.497 e. The number of ether oxygens (including phenoxy) is 1. The molecule has 0 aliphatic carbocycles. The van der Waals surface area contributed by atoms with Gasteiger partial charge in [0.05, 0.1) is 7.11 Å². The van der Waals surface area contributed by atoms with E-state index < -0.39 is 0 Å². The first-order valence-corrected chi connectivity index (χ1v) is 9.99. The van der Waals surface area contributed by atoms with Crippen LogP contribution in [0.25, 0.3) is 11.1 Å². The van der Waals surface area contributed by atoms with Crippen LogP contribution in [0, 0.1) is 5.82 Å². The van der Waals surface area contributed by atoms with Gasteiger partial charge in [-0.25, -0.2) is 4.39 Å². The number of hydrogen-bond acceptors (Lipinski definition) is 2. The molecule has 0 saturated carbocycles. The molecule has 4 rings (SSSR count). The van der Waals surface area contributed by atoms with Crippen LogP contribution in [0.15, 0.2) is 102 Å². The maximum atomic E-state index is 13.5. The lowest BCUT2D eigenvalue weighted by Crippen LogP contribution is -2.09. The van der Waals surface area contributed by atoms with Crippen LogP contribution in [0.3, 0.4) is 0 Å². The first-order valence-electron chi connectivity index (χ1n) is 9.20. The Hall–Kier alpha value is -3.11. The number of nitrogens with zero attached hydrogens (tertiary/aromatic N) is 1. The van der Waals surface area contributed by atoms with Crippen molar-refractivity contribution in [1.29, 1.82) is 0 Å². The van der Waals surface area contributed by atoms with Crippen molar-refractivity contribution in [2.24, 2.45) is 0 Å². The van der Waals surface area contributed by atoms with Gasteiger partial charge in [0, 0.05) is 21.5 Å². The first-order chi connectivity index (χ1) is 14.1. The fourth-order valence-electron chi connectivity index (χ4n) is 3.21. The first kappa shape index (κ1) is 19.2. The van der Waals surface area contributed by atoms with Crippen molar-refractivity contribution in [1.82, 2.24) is 0 Å². The van der Waals surface area contributed by atoms with E-state index in [-0.39, 0.29) is 5.82 Å². The highest BCUT2D eigenvalue weighted by atomic mass is 79.9. The van der Waals surface area contributed by atoms with Gasteiger partial charge in [-0.2, -0.15) is 0 Å². The third-order valence-electron chi connectivity index (χ3n) is 4.72. The zero-order valence-corrected chi connectivity index (χ0v) is 17.4. The summed E-state index contributed by atoms with van der Waals surface area (Å²) >= 11 is 3.47. The van der Waals surface area contributed by atoms with E-state index in [2.05, 4.69) is 57.2 Å². The monoisotopic (exact) mass is 447 g/mol. The summed E-state index contributed by atoms with van der Waals surface area (Å²) in [6.07, 6.45) is 0. The smallest absolute Gasteiger partial charge is 0.123 e. The molecule has 0 aliphatic rings. The summed E-state index contributed by atoms with van der Waals surface area (Å²) in [7, 11) is 1.65. The number of methoxy groups -OCH3 is 1. The van der Waals surface area contributed by atoms with Gasteiger partial charge in [0.1, 0.15) is 11.6 Å². The number of benzene rings is 4. The maximum Gasteiger partial charge on any atom is 0.123 e. The van der Waals surface area contributed by atoms with Crippen LogP contribution in [0.2, 0.25) is 0 Å². The van der Waals surface area contributed by atoms with Crippen LogP contribution < -0.4 is 9.64 Å². The van der Waals surface area contributed by atoms with Gasteiger partial charge in [0.25, 0.3) is 0 Å². The minimum atomic E-state index is -0.256. The molecule has 0 unspecified atom stereocenters. The van der Waals surface area contributed by atoms with Gasteiger partial charge in [0.2, 0.25) is 0 Å². The van der Waals surface area contributed by atoms with Crippen molar-refractivity contribution in [3.8, 4) is 16.9 Å². The molecule has 0 atom stereocenters. The Bertz CT molecular complexity index is 1080. The Morgan fingerprint density at radius 2 is 1.03 bits per heavy atom. The molecule has 29 heavy (non-hydrogen) atoms. The Morgan fingerprint density at radius 1 is 0.621 bits per heavy atom.